The number of methoxy groups -OCH3 is 3. The molecule has 0 saturated carbocycles. The Morgan fingerprint density at radius 2 is 1.60 bits per heavy atom. The molecule has 0 amide bonds. The molecule has 172 valence electrons. The summed E-state index contributed by atoms with van der Waals surface area (Å²) in [5, 5.41) is 3.45. The summed E-state index contributed by atoms with van der Waals surface area (Å²) in [6.07, 6.45) is 3.63. The van der Waals surface area contributed by atoms with Crippen LogP contribution in [0.25, 0.3) is 0 Å². The van der Waals surface area contributed by atoms with Gasteiger partial charge in [-0.3, -0.25) is 9.89 Å². The summed E-state index contributed by atoms with van der Waals surface area (Å²) in [5.74, 6) is 3.09. The summed E-state index contributed by atoms with van der Waals surface area (Å²) in [6.45, 7) is 11.0. The van der Waals surface area contributed by atoms with E-state index in [-0.39, 0.29) is 24.0 Å². The number of hydrogen-bond donors (Lipinski definition) is 1. The quantitative estimate of drug-likeness (QED) is 0.214. The van der Waals surface area contributed by atoms with Gasteiger partial charge in [0.25, 0.3) is 0 Å². The van der Waals surface area contributed by atoms with Gasteiger partial charge in [-0.1, -0.05) is 19.8 Å². The summed E-state index contributed by atoms with van der Waals surface area (Å²) in [7, 11) is 4.94. The van der Waals surface area contributed by atoms with E-state index in [1.165, 1.54) is 12.8 Å². The molecule has 0 atom stereocenters. The number of aliphatic imine (C=N–C) groups is 1. The molecule has 0 radical (unpaired) electrons. The molecular formula is C22H39IN4O3. The molecule has 0 unspecified atom stereocenters. The van der Waals surface area contributed by atoms with Crippen LogP contribution in [0.1, 0.15) is 38.7 Å². The Bertz CT molecular complexity index is 624. The third-order valence-corrected chi connectivity index (χ3v) is 5.16. The fraction of sp³-hybridized carbons (Fsp3) is 0.682. The predicted molar refractivity (Wildman–Crippen MR) is 134 cm³/mol. The summed E-state index contributed by atoms with van der Waals surface area (Å²) in [4.78, 5) is 9.65. The summed E-state index contributed by atoms with van der Waals surface area (Å²) >= 11 is 0. The van der Waals surface area contributed by atoms with E-state index in [0.717, 1.165) is 63.8 Å². The van der Waals surface area contributed by atoms with E-state index in [1.54, 1.807) is 21.3 Å². The lowest BCUT2D eigenvalue weighted by molar-refractivity contribution is 0.172. The topological polar surface area (TPSA) is 58.6 Å². The van der Waals surface area contributed by atoms with E-state index in [2.05, 4.69) is 29.0 Å². The van der Waals surface area contributed by atoms with E-state index < -0.39 is 0 Å². The minimum Gasteiger partial charge on any atom is -0.493 e. The maximum atomic E-state index is 5.48. The number of nitrogens with zero attached hydrogens (tertiary/aromatic N) is 3. The summed E-state index contributed by atoms with van der Waals surface area (Å²) in [6, 6.07) is 4.07. The second-order valence-electron chi connectivity index (χ2n) is 7.24. The van der Waals surface area contributed by atoms with Gasteiger partial charge in [-0.15, -0.1) is 24.0 Å². The molecule has 1 fully saturated rings. The molecule has 1 aliphatic rings. The Morgan fingerprint density at radius 1 is 0.967 bits per heavy atom. The first-order chi connectivity index (χ1) is 14.2. The van der Waals surface area contributed by atoms with Crippen molar-refractivity contribution >= 4 is 29.9 Å². The number of benzene rings is 1. The fourth-order valence-electron chi connectivity index (χ4n) is 3.58. The van der Waals surface area contributed by atoms with E-state index in [4.69, 9.17) is 19.2 Å². The van der Waals surface area contributed by atoms with Crippen molar-refractivity contribution in [2.45, 2.75) is 39.7 Å². The minimum atomic E-state index is 0. The van der Waals surface area contributed by atoms with E-state index in [9.17, 15) is 0 Å². The van der Waals surface area contributed by atoms with E-state index >= 15 is 0 Å². The lowest BCUT2D eigenvalue weighted by atomic mass is 10.1. The standard InChI is InChI=1S/C22H38N4O3.HI/c1-6-8-9-10-24-22(23-7-2)26-13-11-25(12-14-26)17-18-15-19(27-3)21(29-5)20(16-18)28-4;/h15-16H,6-14,17H2,1-5H3,(H,23,24);1H. The molecule has 0 aromatic heterocycles. The molecule has 1 aromatic rings. The van der Waals surface area contributed by atoms with Crippen molar-refractivity contribution in [2.75, 3.05) is 60.6 Å². The van der Waals surface area contributed by atoms with Crippen molar-refractivity contribution in [3.05, 3.63) is 17.7 Å². The van der Waals surface area contributed by atoms with Gasteiger partial charge in [-0.25, -0.2) is 0 Å². The molecule has 1 N–H and O–H groups in total. The highest BCUT2D eigenvalue weighted by Crippen LogP contribution is 2.38. The molecule has 1 heterocycles. The summed E-state index contributed by atoms with van der Waals surface area (Å²) in [5.41, 5.74) is 1.16. The maximum Gasteiger partial charge on any atom is 0.203 e. The van der Waals surface area contributed by atoms with Crippen molar-refractivity contribution in [1.29, 1.82) is 0 Å². The lowest BCUT2D eigenvalue weighted by Gasteiger charge is -2.36. The number of rotatable bonds is 10. The van der Waals surface area contributed by atoms with Gasteiger partial charge in [0.15, 0.2) is 17.5 Å². The van der Waals surface area contributed by atoms with Crippen LogP contribution in [0, 0.1) is 0 Å². The first-order valence-electron chi connectivity index (χ1n) is 10.7. The average molecular weight is 534 g/mol. The minimum absolute atomic E-state index is 0. The molecular weight excluding hydrogens is 495 g/mol. The molecule has 1 saturated heterocycles. The Labute approximate surface area is 199 Å². The molecule has 1 aliphatic heterocycles. The molecule has 0 bridgehead atoms. The molecule has 30 heavy (non-hydrogen) atoms. The smallest absolute Gasteiger partial charge is 0.203 e. The zero-order valence-electron chi connectivity index (χ0n) is 19.2. The Kier molecular flexibility index (Phi) is 12.9. The number of halogens is 1. The van der Waals surface area contributed by atoms with Crippen LogP contribution in [0.15, 0.2) is 17.1 Å². The third-order valence-electron chi connectivity index (χ3n) is 5.16. The maximum absolute atomic E-state index is 5.48. The van der Waals surface area contributed by atoms with Crippen molar-refractivity contribution in [3.8, 4) is 17.2 Å². The van der Waals surface area contributed by atoms with Crippen molar-refractivity contribution in [1.82, 2.24) is 15.1 Å². The number of ether oxygens (including phenoxy) is 3. The largest absolute Gasteiger partial charge is 0.493 e. The monoisotopic (exact) mass is 534 g/mol. The molecule has 0 aliphatic carbocycles. The van der Waals surface area contributed by atoms with Crippen molar-refractivity contribution in [3.63, 3.8) is 0 Å². The van der Waals surface area contributed by atoms with Gasteiger partial charge in [-0.2, -0.15) is 0 Å². The van der Waals surface area contributed by atoms with Crippen LogP contribution < -0.4 is 19.5 Å². The highest BCUT2D eigenvalue weighted by Gasteiger charge is 2.21. The number of hydrogen-bond acceptors (Lipinski definition) is 5. The highest BCUT2D eigenvalue weighted by atomic mass is 127. The molecule has 0 spiro atoms. The second kappa shape index (κ2) is 14.6. The van der Waals surface area contributed by atoms with Crippen molar-refractivity contribution in [2.24, 2.45) is 4.99 Å². The molecule has 8 heteroatoms. The van der Waals surface area contributed by atoms with Crippen molar-refractivity contribution < 1.29 is 14.2 Å². The fourth-order valence-corrected chi connectivity index (χ4v) is 3.58. The van der Waals surface area contributed by atoms with Gasteiger partial charge in [0.2, 0.25) is 5.75 Å². The highest BCUT2D eigenvalue weighted by molar-refractivity contribution is 14.0. The number of guanidine groups is 1. The second-order valence-corrected chi connectivity index (χ2v) is 7.24. The Hall–Kier alpha value is -1.42. The van der Waals surface area contributed by atoms with Gasteiger partial charge >= 0.3 is 0 Å². The van der Waals surface area contributed by atoms with Crippen LogP contribution in [0.3, 0.4) is 0 Å². The molecule has 1 aromatic carbocycles. The number of nitrogens with one attached hydrogen (secondary N) is 1. The lowest BCUT2D eigenvalue weighted by Crippen LogP contribution is -2.52. The zero-order chi connectivity index (χ0) is 21.1. The van der Waals surface area contributed by atoms with E-state index in [0.29, 0.717) is 17.2 Å². The van der Waals surface area contributed by atoms with Gasteiger partial charge in [-0.05, 0) is 31.0 Å². The average Bonchev–Trinajstić information content (AvgIpc) is 2.75. The van der Waals surface area contributed by atoms with Crippen LogP contribution in [0.5, 0.6) is 17.2 Å². The van der Waals surface area contributed by atoms with E-state index in [1.807, 2.05) is 12.1 Å². The third kappa shape index (κ3) is 7.68. The van der Waals surface area contributed by atoms with Gasteiger partial charge in [0.1, 0.15) is 0 Å². The van der Waals surface area contributed by atoms with Crippen LogP contribution >= 0.6 is 24.0 Å². The first kappa shape index (κ1) is 26.6. The Morgan fingerprint density at radius 3 is 2.10 bits per heavy atom. The summed E-state index contributed by atoms with van der Waals surface area (Å²) < 4.78 is 16.4. The van der Waals surface area contributed by atoms with Gasteiger partial charge in [0, 0.05) is 45.8 Å². The van der Waals surface area contributed by atoms with Crippen LogP contribution in [0.2, 0.25) is 0 Å². The zero-order valence-corrected chi connectivity index (χ0v) is 21.5. The van der Waals surface area contributed by atoms with Crippen LogP contribution in [0.4, 0.5) is 0 Å². The van der Waals surface area contributed by atoms with Crippen LogP contribution in [-0.2, 0) is 6.54 Å². The van der Waals surface area contributed by atoms with Crippen LogP contribution in [-0.4, -0.2) is 76.4 Å². The predicted octanol–water partition coefficient (Wildman–Crippen LogP) is 3.60. The molecule has 2 rings (SSSR count). The SMILES string of the molecule is CCCCCN=C(NCC)N1CCN(Cc2cc(OC)c(OC)c(OC)c2)CC1.I. The number of unbranched alkanes of at least 4 members (excludes halogenated alkanes) is 2. The van der Waals surface area contributed by atoms with Gasteiger partial charge in [0.05, 0.1) is 21.3 Å². The Balaban J connectivity index is 0.00000450. The number of piperazine rings is 1. The normalized spacial score (nSPS) is 14.8. The molecule has 7 nitrogen and oxygen atoms in total. The van der Waals surface area contributed by atoms with Gasteiger partial charge < -0.3 is 24.4 Å². The first-order valence-corrected chi connectivity index (χ1v) is 10.7.